The molecular formula is C10H13N3O. The summed E-state index contributed by atoms with van der Waals surface area (Å²) in [6, 6.07) is 7.13. The fraction of sp³-hybridized carbons (Fsp3) is 0.300. The molecule has 0 saturated heterocycles. The van der Waals surface area contributed by atoms with E-state index in [9.17, 15) is 0 Å². The van der Waals surface area contributed by atoms with Gasteiger partial charge in [-0.3, -0.25) is 0 Å². The first-order valence-electron chi connectivity index (χ1n) is 4.30. The summed E-state index contributed by atoms with van der Waals surface area (Å²) in [4.78, 5) is 1.82. The highest BCUT2D eigenvalue weighted by molar-refractivity contribution is 5.69. The van der Waals surface area contributed by atoms with Crippen molar-refractivity contribution in [3.8, 4) is 6.07 Å². The van der Waals surface area contributed by atoms with E-state index in [1.807, 2.05) is 18.0 Å². The molecule has 0 heterocycles. The third-order valence-corrected chi connectivity index (χ3v) is 2.01. The summed E-state index contributed by atoms with van der Waals surface area (Å²) in [7, 11) is 1.82. The van der Waals surface area contributed by atoms with Crippen LogP contribution in [0.25, 0.3) is 0 Å². The van der Waals surface area contributed by atoms with Gasteiger partial charge in [0, 0.05) is 13.6 Å². The van der Waals surface area contributed by atoms with Gasteiger partial charge in [-0.25, -0.2) is 0 Å². The first-order valence-corrected chi connectivity index (χ1v) is 4.30. The average molecular weight is 191 g/mol. The lowest BCUT2D eigenvalue weighted by atomic mass is 10.2. The minimum Gasteiger partial charge on any atom is -0.397 e. The van der Waals surface area contributed by atoms with E-state index in [-0.39, 0.29) is 6.61 Å². The van der Waals surface area contributed by atoms with E-state index in [2.05, 4.69) is 0 Å². The Hall–Kier alpha value is -1.73. The van der Waals surface area contributed by atoms with Crippen molar-refractivity contribution in [3.63, 3.8) is 0 Å². The maximum Gasteiger partial charge on any atom is 0.0992 e. The number of nitrogen functional groups attached to an aromatic ring is 1. The molecular weight excluding hydrogens is 178 g/mol. The van der Waals surface area contributed by atoms with E-state index in [1.165, 1.54) is 0 Å². The van der Waals surface area contributed by atoms with Crippen molar-refractivity contribution in [2.45, 2.75) is 0 Å². The zero-order chi connectivity index (χ0) is 10.6. The van der Waals surface area contributed by atoms with Gasteiger partial charge in [-0.2, -0.15) is 5.26 Å². The van der Waals surface area contributed by atoms with E-state index in [1.54, 1.807) is 18.2 Å². The van der Waals surface area contributed by atoms with Crippen molar-refractivity contribution < 1.29 is 5.11 Å². The Balaban J connectivity index is 3.01. The van der Waals surface area contributed by atoms with Crippen LogP contribution in [0.4, 0.5) is 11.4 Å². The number of nitrogens with zero attached hydrogens (tertiary/aromatic N) is 2. The van der Waals surface area contributed by atoms with Gasteiger partial charge < -0.3 is 15.7 Å². The fourth-order valence-corrected chi connectivity index (χ4v) is 1.21. The highest BCUT2D eigenvalue weighted by atomic mass is 16.3. The Kier molecular flexibility index (Phi) is 3.32. The van der Waals surface area contributed by atoms with Gasteiger partial charge in [-0.1, -0.05) is 0 Å². The van der Waals surface area contributed by atoms with Gasteiger partial charge in [0.05, 0.1) is 29.6 Å². The molecule has 3 N–H and O–H groups in total. The lowest BCUT2D eigenvalue weighted by Gasteiger charge is -2.19. The lowest BCUT2D eigenvalue weighted by Crippen LogP contribution is -2.22. The zero-order valence-electron chi connectivity index (χ0n) is 8.07. The van der Waals surface area contributed by atoms with Crippen LogP contribution in [0.1, 0.15) is 5.56 Å². The van der Waals surface area contributed by atoms with Crippen LogP contribution in [0.5, 0.6) is 0 Å². The number of nitriles is 1. The monoisotopic (exact) mass is 191 g/mol. The summed E-state index contributed by atoms with van der Waals surface area (Å²) < 4.78 is 0. The molecule has 0 fully saturated rings. The second-order valence-corrected chi connectivity index (χ2v) is 3.03. The normalized spacial score (nSPS) is 9.50. The highest BCUT2D eigenvalue weighted by Gasteiger charge is 2.05. The van der Waals surface area contributed by atoms with Crippen molar-refractivity contribution in [3.05, 3.63) is 23.8 Å². The fourth-order valence-electron chi connectivity index (χ4n) is 1.21. The Morgan fingerprint density at radius 2 is 2.29 bits per heavy atom. The van der Waals surface area contributed by atoms with Gasteiger partial charge in [-0.05, 0) is 18.2 Å². The van der Waals surface area contributed by atoms with Gasteiger partial charge >= 0.3 is 0 Å². The number of aliphatic hydroxyl groups excluding tert-OH is 1. The summed E-state index contributed by atoms with van der Waals surface area (Å²) >= 11 is 0. The van der Waals surface area contributed by atoms with Crippen LogP contribution in [0, 0.1) is 11.3 Å². The van der Waals surface area contributed by atoms with Crippen molar-refractivity contribution in [1.29, 1.82) is 5.26 Å². The van der Waals surface area contributed by atoms with Crippen LogP contribution in [0.15, 0.2) is 18.2 Å². The number of likely N-dealkylation sites (N-methyl/N-ethyl adjacent to an activating group) is 1. The van der Waals surface area contributed by atoms with Crippen LogP contribution in [-0.2, 0) is 0 Å². The van der Waals surface area contributed by atoms with E-state index in [0.29, 0.717) is 17.8 Å². The lowest BCUT2D eigenvalue weighted by molar-refractivity contribution is 0.304. The molecule has 74 valence electrons. The molecule has 0 aromatic heterocycles. The molecule has 0 bridgehead atoms. The number of benzene rings is 1. The summed E-state index contributed by atoms with van der Waals surface area (Å²) in [5.74, 6) is 0. The number of hydrogen-bond donors (Lipinski definition) is 2. The Labute approximate surface area is 83.2 Å². The van der Waals surface area contributed by atoms with Crippen molar-refractivity contribution in [1.82, 2.24) is 0 Å². The molecule has 14 heavy (non-hydrogen) atoms. The van der Waals surface area contributed by atoms with Gasteiger partial charge in [0.1, 0.15) is 0 Å². The molecule has 4 nitrogen and oxygen atoms in total. The summed E-state index contributed by atoms with van der Waals surface area (Å²) in [6.07, 6.45) is 0. The molecule has 1 rings (SSSR count). The van der Waals surface area contributed by atoms with Crippen LogP contribution in [-0.4, -0.2) is 25.3 Å². The number of hydrogen-bond acceptors (Lipinski definition) is 4. The van der Waals surface area contributed by atoms with Gasteiger partial charge in [0.15, 0.2) is 0 Å². The van der Waals surface area contributed by atoms with Gasteiger partial charge in [0.25, 0.3) is 0 Å². The molecule has 0 amide bonds. The molecule has 1 aromatic carbocycles. The van der Waals surface area contributed by atoms with Crippen molar-refractivity contribution >= 4 is 11.4 Å². The summed E-state index contributed by atoms with van der Waals surface area (Å²) in [5, 5.41) is 17.5. The molecule has 0 saturated carbocycles. The van der Waals surface area contributed by atoms with Gasteiger partial charge in [-0.15, -0.1) is 0 Å². The van der Waals surface area contributed by atoms with E-state index < -0.39 is 0 Å². The number of aliphatic hydroxyl groups is 1. The topological polar surface area (TPSA) is 73.3 Å². The third-order valence-electron chi connectivity index (χ3n) is 2.01. The van der Waals surface area contributed by atoms with Crippen LogP contribution in [0.3, 0.4) is 0 Å². The van der Waals surface area contributed by atoms with Crippen LogP contribution >= 0.6 is 0 Å². The Morgan fingerprint density at radius 3 is 2.86 bits per heavy atom. The minimum absolute atomic E-state index is 0.0622. The predicted octanol–water partition coefficient (Wildman–Crippen LogP) is 0.569. The molecule has 0 radical (unpaired) electrons. The van der Waals surface area contributed by atoms with E-state index >= 15 is 0 Å². The second-order valence-electron chi connectivity index (χ2n) is 3.03. The highest BCUT2D eigenvalue weighted by Crippen LogP contribution is 2.22. The van der Waals surface area contributed by atoms with Crippen molar-refractivity contribution in [2.24, 2.45) is 0 Å². The number of nitrogens with two attached hydrogens (primary N) is 1. The minimum atomic E-state index is 0.0622. The second kappa shape index (κ2) is 4.49. The third kappa shape index (κ3) is 2.15. The molecule has 0 atom stereocenters. The Bertz CT molecular complexity index is 357. The number of rotatable bonds is 3. The van der Waals surface area contributed by atoms with Crippen LogP contribution in [0.2, 0.25) is 0 Å². The van der Waals surface area contributed by atoms with E-state index in [0.717, 1.165) is 5.69 Å². The molecule has 1 aromatic rings. The first-order chi connectivity index (χ1) is 6.69. The summed E-state index contributed by atoms with van der Waals surface area (Å²) in [6.45, 7) is 0.561. The van der Waals surface area contributed by atoms with Crippen molar-refractivity contribution in [2.75, 3.05) is 30.8 Å². The maximum atomic E-state index is 8.77. The smallest absolute Gasteiger partial charge is 0.0992 e. The van der Waals surface area contributed by atoms with Crippen LogP contribution < -0.4 is 10.6 Å². The first kappa shape index (κ1) is 10.4. The summed E-state index contributed by atoms with van der Waals surface area (Å²) in [5.41, 5.74) is 7.70. The van der Waals surface area contributed by atoms with E-state index in [4.69, 9.17) is 16.1 Å². The molecule has 4 heteroatoms. The quantitative estimate of drug-likeness (QED) is 0.685. The standard InChI is InChI=1S/C10H13N3O/c1-13(4-5-14)10-6-8(7-11)2-3-9(10)12/h2-3,6,14H,4-5,12H2,1H3. The molecule has 0 unspecified atom stereocenters. The average Bonchev–Trinajstić information content (AvgIpc) is 2.19. The molecule has 0 spiro atoms. The Morgan fingerprint density at radius 1 is 1.57 bits per heavy atom. The zero-order valence-corrected chi connectivity index (χ0v) is 8.07. The SMILES string of the molecule is CN(CCO)c1cc(C#N)ccc1N. The van der Waals surface area contributed by atoms with Gasteiger partial charge in [0.2, 0.25) is 0 Å². The largest absolute Gasteiger partial charge is 0.397 e. The maximum absolute atomic E-state index is 8.77. The number of anilines is 2. The molecule has 0 aliphatic carbocycles. The predicted molar refractivity (Wildman–Crippen MR) is 55.9 cm³/mol. The molecule has 0 aliphatic heterocycles. The molecule has 0 aliphatic rings.